The van der Waals surface area contributed by atoms with Crippen LogP contribution in [0.4, 0.5) is 4.79 Å². The lowest BCUT2D eigenvalue weighted by molar-refractivity contribution is 0.0168. The largest absolute Gasteiger partial charge is 0.493 e. The molecule has 0 radical (unpaired) electrons. The molecule has 1 aliphatic heterocycles. The minimum atomic E-state index is -0.528. The van der Waals surface area contributed by atoms with Crippen molar-refractivity contribution in [2.45, 2.75) is 46.1 Å². The van der Waals surface area contributed by atoms with Crippen LogP contribution in [0.25, 0.3) is 6.08 Å². The molecule has 0 bridgehead atoms. The molecule has 8 nitrogen and oxygen atoms in total. The van der Waals surface area contributed by atoms with E-state index < -0.39 is 5.60 Å². The fourth-order valence-corrected chi connectivity index (χ4v) is 4.72. The van der Waals surface area contributed by atoms with Crippen LogP contribution in [0.3, 0.4) is 0 Å². The van der Waals surface area contributed by atoms with Gasteiger partial charge in [0.1, 0.15) is 5.60 Å². The molecule has 0 saturated carbocycles. The van der Waals surface area contributed by atoms with Crippen LogP contribution in [-0.4, -0.2) is 74.9 Å². The van der Waals surface area contributed by atoms with Gasteiger partial charge in [-0.3, -0.25) is 4.79 Å². The predicted molar refractivity (Wildman–Crippen MR) is 153 cm³/mol. The van der Waals surface area contributed by atoms with Crippen LogP contribution in [-0.2, 0) is 4.74 Å². The first-order valence-corrected chi connectivity index (χ1v) is 13.3. The van der Waals surface area contributed by atoms with Gasteiger partial charge in [-0.05, 0) is 64.2 Å². The summed E-state index contributed by atoms with van der Waals surface area (Å²) in [5.41, 5.74) is 2.08. The molecule has 0 atom stereocenters. The van der Waals surface area contributed by atoms with E-state index in [0.29, 0.717) is 49.0 Å². The van der Waals surface area contributed by atoms with Crippen molar-refractivity contribution in [2.24, 2.45) is 5.92 Å². The number of hydrogen-bond acceptors (Lipinski definition) is 6. The fourth-order valence-electron chi connectivity index (χ4n) is 4.72. The van der Waals surface area contributed by atoms with Crippen LogP contribution in [0.15, 0.2) is 48.0 Å². The number of carbonyl (C=O) groups excluding carboxylic acids is 2. The van der Waals surface area contributed by atoms with Gasteiger partial charge in [0.25, 0.3) is 5.91 Å². The van der Waals surface area contributed by atoms with Crippen LogP contribution < -0.4 is 14.2 Å². The van der Waals surface area contributed by atoms with E-state index in [1.165, 1.54) is 21.3 Å². The van der Waals surface area contributed by atoms with Crippen LogP contribution in [0.1, 0.15) is 56.5 Å². The maximum atomic E-state index is 13.9. The lowest BCUT2D eigenvalue weighted by Gasteiger charge is -2.36. The van der Waals surface area contributed by atoms with Crippen LogP contribution in [0.5, 0.6) is 17.2 Å². The van der Waals surface area contributed by atoms with Crippen molar-refractivity contribution < 1.29 is 28.5 Å². The van der Waals surface area contributed by atoms with Gasteiger partial charge in [0.2, 0.25) is 5.75 Å². The molecule has 212 valence electrons. The molecular formula is C31H42N2O6. The molecule has 1 fully saturated rings. The Morgan fingerprint density at radius 1 is 0.974 bits per heavy atom. The van der Waals surface area contributed by atoms with E-state index >= 15 is 0 Å². The first kappa shape index (κ1) is 29.9. The van der Waals surface area contributed by atoms with Gasteiger partial charge in [0, 0.05) is 31.7 Å². The smallest absolute Gasteiger partial charge is 0.410 e. The van der Waals surface area contributed by atoms with E-state index in [2.05, 4.69) is 6.08 Å². The Labute approximate surface area is 232 Å². The lowest BCUT2D eigenvalue weighted by Crippen LogP contribution is -2.45. The van der Waals surface area contributed by atoms with Crippen molar-refractivity contribution in [3.8, 4) is 17.2 Å². The second-order valence-corrected chi connectivity index (χ2v) is 10.9. The zero-order valence-corrected chi connectivity index (χ0v) is 24.3. The number of ether oxygens (including phenoxy) is 4. The highest BCUT2D eigenvalue weighted by Gasteiger charge is 2.29. The summed E-state index contributed by atoms with van der Waals surface area (Å²) in [6.07, 6.45) is 3.40. The van der Waals surface area contributed by atoms with Gasteiger partial charge in [-0.15, -0.1) is 0 Å². The maximum absolute atomic E-state index is 13.9. The molecule has 0 N–H and O–H groups in total. The van der Waals surface area contributed by atoms with E-state index in [1.54, 1.807) is 17.0 Å². The van der Waals surface area contributed by atoms with Gasteiger partial charge in [-0.1, -0.05) is 42.0 Å². The molecule has 2 amide bonds. The molecule has 1 saturated heterocycles. The number of rotatable bonds is 9. The number of methoxy groups -OCH3 is 3. The summed E-state index contributed by atoms with van der Waals surface area (Å²) in [7, 11) is 4.61. The Morgan fingerprint density at radius 2 is 1.56 bits per heavy atom. The highest BCUT2D eigenvalue weighted by atomic mass is 16.6. The SMILES string of the molecule is COc1cc(C(=O)N(C/C(C)=C/c2ccccc2)CC2CCN(C(=O)OC(C)(C)C)CC2)cc(OC)c1OC. The highest BCUT2D eigenvalue weighted by Crippen LogP contribution is 2.38. The van der Waals surface area contributed by atoms with Crippen LogP contribution in [0.2, 0.25) is 0 Å². The zero-order chi connectivity index (χ0) is 28.6. The van der Waals surface area contributed by atoms with E-state index in [1.807, 2.05) is 62.9 Å². The molecule has 0 aliphatic carbocycles. The second-order valence-electron chi connectivity index (χ2n) is 10.9. The van der Waals surface area contributed by atoms with Crippen LogP contribution in [0, 0.1) is 5.92 Å². The molecular weight excluding hydrogens is 496 g/mol. The summed E-state index contributed by atoms with van der Waals surface area (Å²) < 4.78 is 22.0. The molecule has 0 unspecified atom stereocenters. The summed E-state index contributed by atoms with van der Waals surface area (Å²) in [6, 6.07) is 13.4. The highest BCUT2D eigenvalue weighted by molar-refractivity contribution is 5.96. The van der Waals surface area contributed by atoms with Crippen molar-refractivity contribution in [1.82, 2.24) is 9.80 Å². The van der Waals surface area contributed by atoms with Gasteiger partial charge in [-0.2, -0.15) is 0 Å². The van der Waals surface area contributed by atoms with Gasteiger partial charge in [0.15, 0.2) is 11.5 Å². The number of carbonyl (C=O) groups is 2. The maximum Gasteiger partial charge on any atom is 0.410 e. The molecule has 2 aromatic rings. The Bertz CT molecular complexity index is 1120. The first-order chi connectivity index (χ1) is 18.5. The topological polar surface area (TPSA) is 77.5 Å². The van der Waals surface area contributed by atoms with Gasteiger partial charge in [-0.25, -0.2) is 4.79 Å². The van der Waals surface area contributed by atoms with Gasteiger partial charge in [0.05, 0.1) is 21.3 Å². The summed E-state index contributed by atoms with van der Waals surface area (Å²) in [5.74, 6) is 1.44. The third kappa shape index (κ3) is 8.40. The van der Waals surface area contributed by atoms with Crippen molar-refractivity contribution in [2.75, 3.05) is 47.5 Å². The first-order valence-electron chi connectivity index (χ1n) is 13.3. The lowest BCUT2D eigenvalue weighted by atomic mass is 9.95. The number of benzene rings is 2. The van der Waals surface area contributed by atoms with Crippen molar-refractivity contribution in [1.29, 1.82) is 0 Å². The minimum absolute atomic E-state index is 0.121. The summed E-state index contributed by atoms with van der Waals surface area (Å²) in [4.78, 5) is 30.1. The molecule has 8 heteroatoms. The molecule has 3 rings (SSSR count). The minimum Gasteiger partial charge on any atom is -0.493 e. The second kappa shape index (κ2) is 13.4. The number of nitrogens with zero attached hydrogens (tertiary/aromatic N) is 2. The molecule has 1 aliphatic rings. The number of piperidine rings is 1. The average Bonchev–Trinajstić information content (AvgIpc) is 2.91. The predicted octanol–water partition coefficient (Wildman–Crippen LogP) is 5.91. The van der Waals surface area contributed by atoms with E-state index in [9.17, 15) is 9.59 Å². The number of likely N-dealkylation sites (tertiary alicyclic amines) is 1. The Hall–Kier alpha value is -3.68. The Kier molecular flexibility index (Phi) is 10.3. The van der Waals surface area contributed by atoms with Gasteiger partial charge >= 0.3 is 6.09 Å². The van der Waals surface area contributed by atoms with Crippen molar-refractivity contribution in [3.63, 3.8) is 0 Å². The van der Waals surface area contributed by atoms with E-state index in [4.69, 9.17) is 18.9 Å². The zero-order valence-electron chi connectivity index (χ0n) is 24.3. The molecule has 1 heterocycles. The average molecular weight is 539 g/mol. The normalized spacial score (nSPS) is 14.5. The monoisotopic (exact) mass is 538 g/mol. The molecule has 2 aromatic carbocycles. The molecule has 39 heavy (non-hydrogen) atoms. The summed E-state index contributed by atoms with van der Waals surface area (Å²) >= 11 is 0. The number of amides is 2. The third-order valence-electron chi connectivity index (χ3n) is 6.60. The fraction of sp³-hybridized carbons (Fsp3) is 0.484. The Balaban J connectivity index is 1.82. The summed E-state index contributed by atoms with van der Waals surface area (Å²) in [5, 5.41) is 0. The van der Waals surface area contributed by atoms with E-state index in [0.717, 1.165) is 24.0 Å². The quantitative estimate of drug-likeness (QED) is 0.395. The summed E-state index contributed by atoms with van der Waals surface area (Å²) in [6.45, 7) is 9.89. The standard InChI is InChI=1S/C31H42N2O6/c1-22(17-23-11-9-8-10-12-23)20-33(21-24-13-15-32(16-14-24)30(35)39-31(2,3)4)29(34)25-18-26(36-5)28(38-7)27(19-25)37-6/h8-12,17-19,24H,13-16,20-21H2,1-7H3/b22-17+. The molecule has 0 aromatic heterocycles. The number of hydrogen-bond donors (Lipinski definition) is 0. The van der Waals surface area contributed by atoms with Gasteiger partial charge < -0.3 is 28.7 Å². The Morgan fingerprint density at radius 3 is 2.08 bits per heavy atom. The van der Waals surface area contributed by atoms with Crippen LogP contribution >= 0.6 is 0 Å². The van der Waals surface area contributed by atoms with Crippen molar-refractivity contribution in [3.05, 3.63) is 59.2 Å². The molecule has 0 spiro atoms. The third-order valence-corrected chi connectivity index (χ3v) is 6.60. The van der Waals surface area contributed by atoms with E-state index in [-0.39, 0.29) is 17.9 Å². The van der Waals surface area contributed by atoms with Crippen molar-refractivity contribution >= 4 is 18.1 Å².